The van der Waals surface area contributed by atoms with Crippen LogP contribution in [-0.4, -0.2) is 62.0 Å². The highest BCUT2D eigenvalue weighted by molar-refractivity contribution is 6.17. The summed E-state index contributed by atoms with van der Waals surface area (Å²) in [7, 11) is 0. The average molecular weight is 1380 g/mol. The molecule has 0 amide bonds. The molecule has 0 spiro atoms. The molecule has 12 heteroatoms. The van der Waals surface area contributed by atoms with Gasteiger partial charge in [0.25, 0.3) is 0 Å². The molecule has 12 aromatic carbocycles. The van der Waals surface area contributed by atoms with Crippen molar-refractivity contribution in [2.24, 2.45) is 0 Å². The van der Waals surface area contributed by atoms with E-state index in [-0.39, 0.29) is 27.4 Å². The van der Waals surface area contributed by atoms with Gasteiger partial charge in [0.1, 0.15) is 22.6 Å². The fourth-order valence-electron chi connectivity index (χ4n) is 14.9. The second-order valence-corrected chi connectivity index (χ2v) is 30.7. The highest BCUT2D eigenvalue weighted by Crippen LogP contribution is 2.57. The Balaban J connectivity index is 1.01. The number of aromatic nitrogens is 8. The first kappa shape index (κ1) is 66.2. The maximum Gasteiger partial charge on any atom is 0.335 e. The van der Waals surface area contributed by atoms with Crippen molar-refractivity contribution >= 4 is 56.1 Å². The molecule has 2 aliphatic rings. The van der Waals surface area contributed by atoms with Gasteiger partial charge >= 0.3 is 11.9 Å². The highest BCUT2D eigenvalue weighted by Gasteiger charge is 2.32. The van der Waals surface area contributed by atoms with Crippen LogP contribution in [0.2, 0.25) is 0 Å². The Bertz CT molecular complexity index is 6240. The molecule has 17 rings (SSSR count). The summed E-state index contributed by atoms with van der Waals surface area (Å²) in [5.74, 6) is 0.0725. The lowest BCUT2D eigenvalue weighted by molar-refractivity contribution is 0.0686. The number of aromatic carboxylic acids is 2. The van der Waals surface area contributed by atoms with Crippen molar-refractivity contribution in [1.29, 1.82) is 0 Å². The number of rotatable bonds is 10. The van der Waals surface area contributed by atoms with E-state index < -0.39 is 11.9 Å². The molecule has 106 heavy (non-hydrogen) atoms. The standard InChI is InChI=1S/C94H74N8O4/c1-92(2,3)65-42-46-69-73(50-65)88-98-83(69)96-86-72-49-64(41-45-68(72)82(95-86)97-87-74-51-66(93(4,5)6)43-47-70(74)84(99-87)101-89-75-52-67(94(7,8)9)44-48-71(75)85(100-88)102-89)81-77(58-21-15-11-16-22-58)76(57-19-13-10-14-20-57)79(60-33-25-53(26-34-60)55-29-37-62(38-30-55)90(103)104)80(78(81)59-23-17-12-18-24-59)61-35-27-54(28-36-61)56-31-39-63(40-32-56)91(105)106/h10-52H,1-9H3,(H,103,104)(H,105,106)(H2,95,96,97,98,99,100,101,102). The van der Waals surface area contributed by atoms with Gasteiger partial charge in [-0.15, -0.1) is 0 Å². The van der Waals surface area contributed by atoms with Gasteiger partial charge in [-0.05, 0) is 177 Å². The maximum absolute atomic E-state index is 12.1. The van der Waals surface area contributed by atoms with Gasteiger partial charge < -0.3 is 20.2 Å². The third-order valence-electron chi connectivity index (χ3n) is 20.7. The molecule has 0 atom stereocenters. The highest BCUT2D eigenvalue weighted by atomic mass is 16.4. The Kier molecular flexibility index (Phi) is 15.9. The molecule has 0 saturated heterocycles. The number of carbonyl (C=O) groups is 2. The molecule has 12 nitrogen and oxygen atoms in total. The molecule has 4 N–H and O–H groups in total. The Morgan fingerprint density at radius 2 is 0.519 bits per heavy atom. The van der Waals surface area contributed by atoms with Gasteiger partial charge in [-0.25, -0.2) is 39.5 Å². The molecule has 0 aliphatic carbocycles. The predicted octanol–water partition coefficient (Wildman–Crippen LogP) is 23.5. The molecule has 0 saturated carbocycles. The van der Waals surface area contributed by atoms with Crippen LogP contribution in [-0.2, 0) is 16.2 Å². The monoisotopic (exact) mass is 1380 g/mol. The molecule has 5 heterocycles. The number of hydrogen-bond acceptors (Lipinski definition) is 8. The van der Waals surface area contributed by atoms with Crippen LogP contribution in [0.1, 0.15) is 99.7 Å². The van der Waals surface area contributed by atoms with E-state index in [1.165, 1.54) is 0 Å². The van der Waals surface area contributed by atoms with Crippen LogP contribution in [0.4, 0.5) is 0 Å². The minimum absolute atomic E-state index is 0.154. The zero-order valence-electron chi connectivity index (χ0n) is 60.2. The van der Waals surface area contributed by atoms with Crippen molar-refractivity contribution in [2.45, 2.75) is 78.6 Å². The van der Waals surface area contributed by atoms with E-state index in [2.05, 4.69) is 285 Å². The number of carboxylic acids is 2. The summed E-state index contributed by atoms with van der Waals surface area (Å²) in [6, 6.07) is 89.3. The van der Waals surface area contributed by atoms with Crippen LogP contribution in [0.25, 0.3) is 179 Å². The molecular formula is C94H74N8O4. The van der Waals surface area contributed by atoms with Gasteiger partial charge in [-0.1, -0.05) is 269 Å². The predicted molar refractivity (Wildman–Crippen MR) is 430 cm³/mol. The number of benzene rings is 12. The van der Waals surface area contributed by atoms with Gasteiger partial charge in [0.15, 0.2) is 23.3 Å². The van der Waals surface area contributed by atoms with Crippen LogP contribution >= 0.6 is 0 Å². The molecule has 2 aliphatic heterocycles. The largest absolute Gasteiger partial charge is 0.478 e. The summed E-state index contributed by atoms with van der Waals surface area (Å²) >= 11 is 0. The third kappa shape index (κ3) is 11.9. The van der Waals surface area contributed by atoms with Crippen LogP contribution in [0, 0.1) is 0 Å². The minimum Gasteiger partial charge on any atom is -0.478 e. The average Bonchev–Trinajstić information content (AvgIpc) is 0.791. The van der Waals surface area contributed by atoms with Crippen LogP contribution in [0.5, 0.6) is 0 Å². The Hall–Kier alpha value is -13.1. The van der Waals surface area contributed by atoms with Gasteiger partial charge in [-0.2, -0.15) is 0 Å². The first-order valence-electron chi connectivity index (χ1n) is 35.8. The summed E-state index contributed by atoms with van der Waals surface area (Å²) < 4.78 is 0. The molecule has 0 radical (unpaired) electrons. The number of aromatic amines is 2. The summed E-state index contributed by atoms with van der Waals surface area (Å²) in [5.41, 5.74) is 24.3. The Morgan fingerprint density at radius 3 is 0.868 bits per heavy atom. The summed E-state index contributed by atoms with van der Waals surface area (Å²) in [4.78, 5) is 64.9. The zero-order chi connectivity index (χ0) is 73.1. The number of fused-ring (bicyclic) bond motifs is 20. The molecule has 0 unspecified atom stereocenters. The van der Waals surface area contributed by atoms with E-state index in [1.807, 2.05) is 24.3 Å². The summed E-state index contributed by atoms with van der Waals surface area (Å²) in [5, 5.41) is 23.2. The lowest BCUT2D eigenvalue weighted by Gasteiger charge is -2.29. The van der Waals surface area contributed by atoms with E-state index in [0.717, 1.165) is 150 Å². The van der Waals surface area contributed by atoms with Gasteiger partial charge in [-0.3, -0.25) is 0 Å². The third-order valence-corrected chi connectivity index (χ3v) is 20.7. The fraction of sp³-hybridized carbons (Fsp3) is 0.128. The van der Waals surface area contributed by atoms with Crippen molar-refractivity contribution in [3.63, 3.8) is 0 Å². The van der Waals surface area contributed by atoms with E-state index >= 15 is 0 Å². The van der Waals surface area contributed by atoms with E-state index in [9.17, 15) is 19.8 Å². The van der Waals surface area contributed by atoms with E-state index in [4.69, 9.17) is 29.9 Å². The minimum atomic E-state index is -0.986. The Labute approximate surface area is 614 Å². The summed E-state index contributed by atoms with van der Waals surface area (Å²) in [6.07, 6.45) is 0. The van der Waals surface area contributed by atoms with E-state index in [0.29, 0.717) is 45.9 Å². The first-order chi connectivity index (χ1) is 51.1. The molecule has 514 valence electrons. The van der Waals surface area contributed by atoms with E-state index in [1.54, 1.807) is 24.3 Å². The quantitative estimate of drug-likeness (QED) is 0.103. The lowest BCUT2D eigenvalue weighted by atomic mass is 9.74. The number of nitrogens with one attached hydrogen (secondary N) is 2. The van der Waals surface area contributed by atoms with Crippen molar-refractivity contribution in [3.05, 3.63) is 289 Å². The van der Waals surface area contributed by atoms with Gasteiger partial charge in [0.2, 0.25) is 0 Å². The van der Waals surface area contributed by atoms with Crippen LogP contribution < -0.4 is 0 Å². The Morgan fingerprint density at radius 1 is 0.255 bits per heavy atom. The molecular weight excluding hydrogens is 1310 g/mol. The normalized spacial score (nSPS) is 12.2. The summed E-state index contributed by atoms with van der Waals surface area (Å²) in [6.45, 7) is 20.0. The number of hydrogen-bond donors (Lipinski definition) is 4. The SMILES string of the molecule is CC(C)(C)c1ccc2c(c1)-c1nc-2nc2[nH]c(nc3nc(nc4[nH]c(n1)c1ccc(-c5c(-c6ccccc6)c(-c6ccccc6)c(-c6ccc(-c7ccc(C(=O)O)cc7)cc6)c(-c6ccc(-c7ccc(C(=O)O)cc7)cc6)c5-c5ccccc5)cc41)-c1ccc(C(C)(C)C)cc1-3)c1ccc(C(C)(C)C)cc21. The topological polar surface area (TPSA) is 184 Å². The van der Waals surface area contributed by atoms with Crippen molar-refractivity contribution in [2.75, 3.05) is 0 Å². The smallest absolute Gasteiger partial charge is 0.335 e. The maximum atomic E-state index is 12.1. The zero-order valence-corrected chi connectivity index (χ0v) is 60.2. The van der Waals surface area contributed by atoms with Gasteiger partial charge in [0.05, 0.1) is 11.1 Å². The fourth-order valence-corrected chi connectivity index (χ4v) is 14.9. The van der Waals surface area contributed by atoms with Crippen molar-refractivity contribution < 1.29 is 19.8 Å². The van der Waals surface area contributed by atoms with Crippen LogP contribution in [0.15, 0.2) is 261 Å². The molecule has 3 aromatic heterocycles. The number of carboxylic acid groups (broad SMARTS) is 2. The van der Waals surface area contributed by atoms with Gasteiger partial charge in [0, 0.05) is 43.8 Å². The van der Waals surface area contributed by atoms with Crippen molar-refractivity contribution in [3.8, 4) is 135 Å². The van der Waals surface area contributed by atoms with Crippen molar-refractivity contribution in [1.82, 2.24) is 39.9 Å². The number of H-pyrrole nitrogens is 2. The molecule has 15 aromatic rings. The number of nitrogens with zero attached hydrogens (tertiary/aromatic N) is 6. The molecule has 8 bridgehead atoms. The lowest BCUT2D eigenvalue weighted by Crippen LogP contribution is -2.10. The second-order valence-electron chi connectivity index (χ2n) is 30.7. The molecule has 0 fully saturated rings. The first-order valence-corrected chi connectivity index (χ1v) is 35.8. The second kappa shape index (κ2) is 25.4. The van der Waals surface area contributed by atoms with Crippen LogP contribution in [0.3, 0.4) is 0 Å².